The van der Waals surface area contributed by atoms with Crippen molar-refractivity contribution in [1.82, 2.24) is 9.55 Å². The van der Waals surface area contributed by atoms with Crippen LogP contribution >= 0.6 is 17.0 Å². The molecule has 0 spiro atoms. The summed E-state index contributed by atoms with van der Waals surface area (Å²) < 4.78 is 1.91. The summed E-state index contributed by atoms with van der Waals surface area (Å²) in [5.74, 6) is -0.0981. The third-order valence-electron chi connectivity index (χ3n) is 2.14. The second-order valence-corrected chi connectivity index (χ2v) is 3.23. The van der Waals surface area contributed by atoms with Crippen molar-refractivity contribution >= 4 is 23.0 Å². The molecule has 5 heteroatoms. The zero-order valence-corrected chi connectivity index (χ0v) is 10.0. The minimum absolute atomic E-state index is 0. The fourth-order valence-corrected chi connectivity index (χ4v) is 1.11. The van der Waals surface area contributed by atoms with Crippen molar-refractivity contribution < 1.29 is 9.90 Å². The Morgan fingerprint density at radius 2 is 2.36 bits per heavy atom. The number of carboxylic acid groups (broad SMARTS) is 1. The van der Waals surface area contributed by atoms with E-state index in [1.807, 2.05) is 17.8 Å². The molecule has 0 aliphatic heterocycles. The first-order chi connectivity index (χ1) is 6.11. The number of carbonyl (C=O) groups is 1. The lowest BCUT2D eigenvalue weighted by molar-refractivity contribution is -0.141. The number of imidazole rings is 1. The summed E-state index contributed by atoms with van der Waals surface area (Å²) in [6.45, 7) is 1.71. The average Bonchev–Trinajstić information content (AvgIpc) is 2.47. The van der Waals surface area contributed by atoms with Gasteiger partial charge in [-0.1, -0.05) is 6.92 Å². The first kappa shape index (κ1) is 13.2. The maximum atomic E-state index is 10.5. The number of nitrogens with zero attached hydrogens (tertiary/aromatic N) is 2. The van der Waals surface area contributed by atoms with Crippen LogP contribution in [0.25, 0.3) is 0 Å². The van der Waals surface area contributed by atoms with Gasteiger partial charge < -0.3 is 9.67 Å². The molecule has 0 aliphatic rings. The normalized spacial score (nSPS) is 11.9. The number of carboxylic acids is 1. The Kier molecular flexibility index (Phi) is 5.45. The first-order valence-electron chi connectivity index (χ1n) is 4.30. The van der Waals surface area contributed by atoms with Gasteiger partial charge in [-0.15, -0.1) is 17.0 Å². The number of hydrogen-bond acceptors (Lipinski definition) is 2. The van der Waals surface area contributed by atoms with Crippen LogP contribution in [-0.4, -0.2) is 20.6 Å². The minimum atomic E-state index is -0.741. The molecule has 0 bridgehead atoms. The van der Waals surface area contributed by atoms with Crippen LogP contribution in [0, 0.1) is 5.92 Å². The zero-order valence-electron chi connectivity index (χ0n) is 8.30. The number of hydrogen-bond donors (Lipinski definition) is 1. The van der Waals surface area contributed by atoms with E-state index in [1.165, 1.54) is 0 Å². The Morgan fingerprint density at radius 1 is 1.71 bits per heavy atom. The molecule has 1 rings (SSSR count). The van der Waals surface area contributed by atoms with E-state index < -0.39 is 5.97 Å². The van der Waals surface area contributed by atoms with Crippen LogP contribution in [0.4, 0.5) is 0 Å². The Balaban J connectivity index is 0.00000169. The topological polar surface area (TPSA) is 55.1 Å². The van der Waals surface area contributed by atoms with Crippen molar-refractivity contribution in [2.24, 2.45) is 13.0 Å². The Labute approximate surface area is 93.7 Å². The quantitative estimate of drug-likeness (QED) is 0.898. The second-order valence-electron chi connectivity index (χ2n) is 3.23. The fraction of sp³-hybridized carbons (Fsp3) is 0.556. The summed E-state index contributed by atoms with van der Waals surface area (Å²) >= 11 is 0. The van der Waals surface area contributed by atoms with Crippen LogP contribution in [0.2, 0.25) is 0 Å². The molecule has 0 radical (unpaired) electrons. The molecule has 0 aliphatic carbocycles. The van der Waals surface area contributed by atoms with Gasteiger partial charge in [0, 0.05) is 25.9 Å². The van der Waals surface area contributed by atoms with E-state index >= 15 is 0 Å². The molecule has 0 aromatic carbocycles. The van der Waals surface area contributed by atoms with E-state index in [2.05, 4.69) is 4.98 Å². The van der Waals surface area contributed by atoms with Gasteiger partial charge in [0.2, 0.25) is 0 Å². The number of aromatic nitrogens is 2. The van der Waals surface area contributed by atoms with Crippen molar-refractivity contribution in [3.8, 4) is 0 Å². The zero-order chi connectivity index (χ0) is 9.84. The van der Waals surface area contributed by atoms with Gasteiger partial charge in [-0.2, -0.15) is 0 Å². The van der Waals surface area contributed by atoms with Crippen LogP contribution < -0.4 is 0 Å². The third-order valence-corrected chi connectivity index (χ3v) is 2.14. The summed E-state index contributed by atoms with van der Waals surface area (Å²) in [6, 6.07) is 0. The number of halogens is 1. The highest BCUT2D eigenvalue weighted by Gasteiger charge is 2.11. The van der Waals surface area contributed by atoms with Crippen LogP contribution in [0.1, 0.15) is 19.2 Å². The van der Waals surface area contributed by atoms with Crippen LogP contribution in [-0.2, 0) is 18.3 Å². The smallest absolute Gasteiger partial charge is 0.306 e. The lowest BCUT2D eigenvalue weighted by atomic mass is 10.1. The number of aryl methyl sites for hydroxylation is 2. The predicted molar refractivity (Wildman–Crippen MR) is 58.7 cm³/mol. The van der Waals surface area contributed by atoms with E-state index in [1.54, 1.807) is 13.1 Å². The van der Waals surface area contributed by atoms with Crippen molar-refractivity contribution in [2.45, 2.75) is 19.8 Å². The summed E-state index contributed by atoms with van der Waals surface area (Å²) in [5, 5.41) is 8.65. The highest BCUT2D eigenvalue weighted by molar-refractivity contribution is 8.93. The molecule has 0 saturated heterocycles. The predicted octanol–water partition coefficient (Wildman–Crippen LogP) is 1.65. The molecule has 1 aromatic heterocycles. The van der Waals surface area contributed by atoms with E-state index in [9.17, 15) is 4.79 Å². The van der Waals surface area contributed by atoms with Gasteiger partial charge in [0.25, 0.3) is 0 Å². The largest absolute Gasteiger partial charge is 0.481 e. The maximum absolute atomic E-state index is 10.5. The van der Waals surface area contributed by atoms with Crippen molar-refractivity contribution in [3.05, 3.63) is 18.2 Å². The highest BCUT2D eigenvalue weighted by Crippen LogP contribution is 2.07. The van der Waals surface area contributed by atoms with Crippen molar-refractivity contribution in [2.75, 3.05) is 0 Å². The molecule has 0 amide bonds. The van der Waals surface area contributed by atoms with Gasteiger partial charge in [-0.3, -0.25) is 4.79 Å². The molecular formula is C9H15BrN2O2. The van der Waals surface area contributed by atoms with Gasteiger partial charge >= 0.3 is 5.97 Å². The Bertz CT molecular complexity index is 299. The standard InChI is InChI=1S/C9H14N2O2.BrH/c1-7(9(12)13)3-4-8-10-5-6-11(8)2;/h5-7H,3-4H2,1-2H3,(H,12,13);1H. The molecule has 1 N–H and O–H groups in total. The van der Waals surface area contributed by atoms with Gasteiger partial charge in [0.1, 0.15) is 5.82 Å². The van der Waals surface area contributed by atoms with E-state index in [4.69, 9.17) is 5.11 Å². The van der Waals surface area contributed by atoms with Gasteiger partial charge in [0.15, 0.2) is 0 Å². The molecular weight excluding hydrogens is 248 g/mol. The Hall–Kier alpha value is -0.840. The minimum Gasteiger partial charge on any atom is -0.481 e. The van der Waals surface area contributed by atoms with Gasteiger partial charge in [-0.05, 0) is 6.42 Å². The molecule has 1 heterocycles. The molecule has 0 saturated carbocycles. The molecule has 1 aromatic rings. The maximum Gasteiger partial charge on any atom is 0.306 e. The van der Waals surface area contributed by atoms with Crippen molar-refractivity contribution in [3.63, 3.8) is 0 Å². The lowest BCUT2D eigenvalue weighted by Crippen LogP contribution is -2.11. The molecule has 80 valence electrons. The lowest BCUT2D eigenvalue weighted by Gasteiger charge is -2.05. The van der Waals surface area contributed by atoms with Gasteiger partial charge in [-0.25, -0.2) is 4.98 Å². The monoisotopic (exact) mass is 262 g/mol. The van der Waals surface area contributed by atoms with Crippen molar-refractivity contribution in [1.29, 1.82) is 0 Å². The molecule has 0 fully saturated rings. The molecule has 14 heavy (non-hydrogen) atoms. The summed E-state index contributed by atoms with van der Waals surface area (Å²) in [5.41, 5.74) is 0. The third kappa shape index (κ3) is 3.49. The van der Waals surface area contributed by atoms with Crippen LogP contribution in [0.5, 0.6) is 0 Å². The second kappa shape index (κ2) is 5.80. The van der Waals surface area contributed by atoms with Crippen LogP contribution in [0.3, 0.4) is 0 Å². The number of aliphatic carboxylic acids is 1. The van der Waals surface area contributed by atoms with Crippen LogP contribution in [0.15, 0.2) is 12.4 Å². The van der Waals surface area contributed by atoms with E-state index in [-0.39, 0.29) is 22.9 Å². The van der Waals surface area contributed by atoms with E-state index in [0.717, 1.165) is 12.2 Å². The fourth-order valence-electron chi connectivity index (χ4n) is 1.11. The number of rotatable bonds is 4. The summed E-state index contributed by atoms with van der Waals surface area (Å²) in [4.78, 5) is 14.6. The summed E-state index contributed by atoms with van der Waals surface area (Å²) in [6.07, 6.45) is 4.94. The molecule has 1 atom stereocenters. The molecule has 4 nitrogen and oxygen atoms in total. The summed E-state index contributed by atoms with van der Waals surface area (Å²) in [7, 11) is 1.91. The highest BCUT2D eigenvalue weighted by atomic mass is 79.9. The van der Waals surface area contributed by atoms with E-state index in [0.29, 0.717) is 6.42 Å². The average molecular weight is 263 g/mol. The Morgan fingerprint density at radius 3 is 2.79 bits per heavy atom. The first-order valence-corrected chi connectivity index (χ1v) is 4.30. The SMILES string of the molecule is Br.CC(CCc1nccn1C)C(=O)O. The van der Waals surface area contributed by atoms with Gasteiger partial charge in [0.05, 0.1) is 5.92 Å². The molecule has 1 unspecified atom stereocenters.